The summed E-state index contributed by atoms with van der Waals surface area (Å²) in [6, 6.07) is 2.52. The van der Waals surface area contributed by atoms with Crippen molar-refractivity contribution in [3.8, 4) is 11.3 Å². The van der Waals surface area contributed by atoms with Crippen molar-refractivity contribution in [3.63, 3.8) is 0 Å². The Hall–Kier alpha value is -2.10. The number of nitrogens with two attached hydrogens (primary N) is 1. The fourth-order valence-electron chi connectivity index (χ4n) is 3.55. The van der Waals surface area contributed by atoms with Gasteiger partial charge in [0.1, 0.15) is 10.3 Å². The van der Waals surface area contributed by atoms with Crippen LogP contribution in [0, 0.1) is 5.82 Å². The molecule has 3 aromatic heterocycles. The van der Waals surface area contributed by atoms with Crippen molar-refractivity contribution in [1.29, 1.82) is 0 Å². The molecule has 1 unspecified atom stereocenters. The third-order valence-electron chi connectivity index (χ3n) is 5.02. The average molecular weight is 435 g/mol. The number of nitrogen functional groups attached to an aromatic ring is 1. The van der Waals surface area contributed by atoms with Gasteiger partial charge in [-0.1, -0.05) is 0 Å². The lowest BCUT2D eigenvalue weighted by atomic mass is 10.1. The van der Waals surface area contributed by atoms with E-state index in [9.17, 15) is 4.39 Å². The van der Waals surface area contributed by atoms with E-state index in [1.807, 2.05) is 12.3 Å². The van der Waals surface area contributed by atoms with Gasteiger partial charge in [-0.05, 0) is 28.9 Å². The molecule has 0 radical (unpaired) electrons. The quantitative estimate of drug-likeness (QED) is 0.621. The van der Waals surface area contributed by atoms with Gasteiger partial charge in [0.2, 0.25) is 5.95 Å². The van der Waals surface area contributed by atoms with E-state index < -0.39 is 5.82 Å². The standard InChI is InChI=1S/C18H20BrFN6O/c1-10(9-27-2)25-6-11(7-25)26-8-13(12-3-16(19)22-5-15(12)26)17-14(20)4-23-18(21)24-17/h3-5,8,10-11H,6-7,9H2,1-2H3,(H2,21,23,24). The molecule has 3 aromatic rings. The van der Waals surface area contributed by atoms with Crippen molar-refractivity contribution < 1.29 is 9.13 Å². The molecule has 7 nitrogen and oxygen atoms in total. The monoisotopic (exact) mass is 434 g/mol. The Morgan fingerprint density at radius 3 is 2.89 bits per heavy atom. The van der Waals surface area contributed by atoms with Gasteiger partial charge in [0.15, 0.2) is 5.82 Å². The van der Waals surface area contributed by atoms with Crippen LogP contribution in [0.25, 0.3) is 22.2 Å². The first-order valence-electron chi connectivity index (χ1n) is 8.65. The largest absolute Gasteiger partial charge is 0.383 e. The molecule has 27 heavy (non-hydrogen) atoms. The van der Waals surface area contributed by atoms with Crippen molar-refractivity contribution in [2.75, 3.05) is 32.5 Å². The van der Waals surface area contributed by atoms with Crippen molar-refractivity contribution in [2.24, 2.45) is 0 Å². The lowest BCUT2D eigenvalue weighted by molar-refractivity contribution is 0.0265. The van der Waals surface area contributed by atoms with E-state index >= 15 is 0 Å². The summed E-state index contributed by atoms with van der Waals surface area (Å²) in [6.07, 6.45) is 4.84. The zero-order chi connectivity index (χ0) is 19.1. The molecular weight excluding hydrogens is 415 g/mol. The average Bonchev–Trinajstić information content (AvgIpc) is 2.94. The third kappa shape index (κ3) is 3.30. The Morgan fingerprint density at radius 2 is 2.15 bits per heavy atom. The summed E-state index contributed by atoms with van der Waals surface area (Å²) in [5.74, 6) is -0.455. The smallest absolute Gasteiger partial charge is 0.220 e. The molecule has 0 aromatic carbocycles. The fraction of sp³-hybridized carbons (Fsp3) is 0.389. The lowest BCUT2D eigenvalue weighted by Crippen LogP contribution is -2.52. The van der Waals surface area contributed by atoms with Crippen LogP contribution in [-0.2, 0) is 4.74 Å². The summed E-state index contributed by atoms with van der Waals surface area (Å²) in [5.41, 5.74) is 7.51. The number of hydrogen-bond donors (Lipinski definition) is 1. The molecule has 4 rings (SSSR count). The van der Waals surface area contributed by atoms with E-state index in [0.29, 0.717) is 22.8 Å². The van der Waals surface area contributed by atoms with Crippen molar-refractivity contribution >= 4 is 32.8 Å². The number of rotatable bonds is 5. The zero-order valence-electron chi connectivity index (χ0n) is 15.1. The highest BCUT2D eigenvalue weighted by Gasteiger charge is 2.33. The number of ether oxygens (including phenoxy) is 1. The van der Waals surface area contributed by atoms with Crippen molar-refractivity contribution in [3.05, 3.63) is 35.1 Å². The minimum atomic E-state index is -0.500. The number of halogens is 2. The van der Waals surface area contributed by atoms with Crippen LogP contribution in [0.5, 0.6) is 0 Å². The molecule has 0 aliphatic carbocycles. The van der Waals surface area contributed by atoms with Gasteiger partial charge in [-0.2, -0.15) is 0 Å². The molecule has 4 heterocycles. The molecule has 1 aliphatic rings. The molecule has 1 aliphatic heterocycles. The number of hydrogen-bond acceptors (Lipinski definition) is 6. The molecule has 0 bridgehead atoms. The number of anilines is 1. The van der Waals surface area contributed by atoms with Gasteiger partial charge in [-0.3, -0.25) is 4.90 Å². The number of aromatic nitrogens is 4. The number of fused-ring (bicyclic) bond motifs is 1. The Morgan fingerprint density at radius 1 is 1.37 bits per heavy atom. The van der Waals surface area contributed by atoms with Crippen LogP contribution in [0.1, 0.15) is 13.0 Å². The van der Waals surface area contributed by atoms with Gasteiger partial charge in [-0.25, -0.2) is 19.3 Å². The summed E-state index contributed by atoms with van der Waals surface area (Å²) in [6.45, 7) is 4.65. The summed E-state index contributed by atoms with van der Waals surface area (Å²) in [7, 11) is 1.71. The van der Waals surface area contributed by atoms with Gasteiger partial charge in [0.05, 0.1) is 30.6 Å². The maximum atomic E-state index is 14.4. The van der Waals surface area contributed by atoms with Gasteiger partial charge in [0, 0.05) is 43.4 Å². The minimum Gasteiger partial charge on any atom is -0.383 e. The van der Waals surface area contributed by atoms with Crippen LogP contribution >= 0.6 is 15.9 Å². The Labute approximate surface area is 164 Å². The highest BCUT2D eigenvalue weighted by Crippen LogP contribution is 2.36. The lowest BCUT2D eigenvalue weighted by Gasteiger charge is -2.43. The summed E-state index contributed by atoms with van der Waals surface area (Å²) in [4.78, 5) is 14.6. The van der Waals surface area contributed by atoms with Crippen LogP contribution < -0.4 is 5.73 Å². The van der Waals surface area contributed by atoms with E-state index in [4.69, 9.17) is 10.5 Å². The second kappa shape index (κ2) is 7.14. The van der Waals surface area contributed by atoms with E-state index in [0.717, 1.165) is 30.2 Å². The van der Waals surface area contributed by atoms with Gasteiger partial charge >= 0.3 is 0 Å². The van der Waals surface area contributed by atoms with Gasteiger partial charge in [-0.15, -0.1) is 0 Å². The molecule has 0 amide bonds. The van der Waals surface area contributed by atoms with E-state index in [1.165, 1.54) is 0 Å². The maximum absolute atomic E-state index is 14.4. The maximum Gasteiger partial charge on any atom is 0.220 e. The Balaban J connectivity index is 1.74. The second-order valence-electron chi connectivity index (χ2n) is 6.81. The predicted molar refractivity (Wildman–Crippen MR) is 105 cm³/mol. The summed E-state index contributed by atoms with van der Waals surface area (Å²) >= 11 is 3.40. The first kappa shape index (κ1) is 18.3. The minimum absolute atomic E-state index is 0.0450. The Kier molecular flexibility index (Phi) is 4.83. The number of pyridine rings is 1. The fourth-order valence-corrected chi connectivity index (χ4v) is 3.88. The molecular formula is C18H20BrFN6O. The zero-order valence-corrected chi connectivity index (χ0v) is 16.6. The highest BCUT2D eigenvalue weighted by molar-refractivity contribution is 9.10. The third-order valence-corrected chi connectivity index (χ3v) is 5.45. The van der Waals surface area contributed by atoms with Gasteiger partial charge in [0.25, 0.3) is 0 Å². The molecule has 2 N–H and O–H groups in total. The van der Waals surface area contributed by atoms with E-state index in [2.05, 4.69) is 47.3 Å². The molecule has 9 heteroatoms. The molecule has 0 spiro atoms. The van der Waals surface area contributed by atoms with E-state index in [1.54, 1.807) is 13.3 Å². The Bertz CT molecular complexity index is 987. The normalized spacial score (nSPS) is 16.6. The molecule has 1 atom stereocenters. The van der Waals surface area contributed by atoms with Crippen LogP contribution in [0.15, 0.2) is 29.3 Å². The number of nitrogens with zero attached hydrogens (tertiary/aromatic N) is 5. The summed E-state index contributed by atoms with van der Waals surface area (Å²) < 4.78 is 22.5. The van der Waals surface area contributed by atoms with Crippen LogP contribution in [-0.4, -0.2) is 57.3 Å². The van der Waals surface area contributed by atoms with E-state index in [-0.39, 0.29) is 17.7 Å². The topological polar surface area (TPSA) is 82.1 Å². The SMILES string of the molecule is COCC(C)N1CC(n2cc(-c3nc(N)ncc3F)c3cc(Br)ncc32)C1. The molecule has 0 saturated carbocycles. The number of methoxy groups -OCH3 is 1. The molecule has 1 saturated heterocycles. The van der Waals surface area contributed by atoms with Crippen molar-refractivity contribution in [2.45, 2.75) is 19.0 Å². The predicted octanol–water partition coefficient (Wildman–Crippen LogP) is 2.87. The highest BCUT2D eigenvalue weighted by atomic mass is 79.9. The van der Waals surface area contributed by atoms with Gasteiger partial charge < -0.3 is 15.0 Å². The van der Waals surface area contributed by atoms with Crippen LogP contribution in [0.3, 0.4) is 0 Å². The van der Waals surface area contributed by atoms with Crippen molar-refractivity contribution in [1.82, 2.24) is 24.4 Å². The molecule has 1 fully saturated rings. The number of likely N-dealkylation sites (tertiary alicyclic amines) is 1. The molecule has 142 valence electrons. The van der Waals surface area contributed by atoms with Crippen LogP contribution in [0.2, 0.25) is 0 Å². The van der Waals surface area contributed by atoms with Crippen LogP contribution in [0.4, 0.5) is 10.3 Å². The first-order valence-corrected chi connectivity index (χ1v) is 9.44. The summed E-state index contributed by atoms with van der Waals surface area (Å²) in [5, 5.41) is 0.872. The first-order chi connectivity index (χ1) is 13.0. The second-order valence-corrected chi connectivity index (χ2v) is 7.62.